The zero-order chi connectivity index (χ0) is 24.2. The molecule has 6 heteroatoms. The summed E-state index contributed by atoms with van der Waals surface area (Å²) in [5.74, 6) is 2.82. The van der Waals surface area contributed by atoms with Crippen LogP contribution in [0.25, 0.3) is 11.0 Å². The van der Waals surface area contributed by atoms with Gasteiger partial charge in [0.1, 0.15) is 17.3 Å². The average Bonchev–Trinajstić information content (AvgIpc) is 3.47. The fraction of sp³-hybridized carbons (Fsp3) is 0.310. The maximum Gasteiger partial charge on any atom is 0.227 e. The molecule has 0 spiro atoms. The zero-order valence-corrected chi connectivity index (χ0v) is 20.3. The van der Waals surface area contributed by atoms with Crippen LogP contribution in [0.2, 0.25) is 0 Å². The number of ether oxygens (including phenoxy) is 2. The number of hydrogen-bond acceptors (Lipinski definition) is 4. The van der Waals surface area contributed by atoms with E-state index in [0.717, 1.165) is 53.4 Å². The maximum absolute atomic E-state index is 12.9. The highest BCUT2D eigenvalue weighted by Crippen LogP contribution is 2.34. The lowest BCUT2D eigenvalue weighted by Crippen LogP contribution is -2.24. The summed E-state index contributed by atoms with van der Waals surface area (Å²) in [6.45, 7) is 4.18. The van der Waals surface area contributed by atoms with Gasteiger partial charge in [-0.15, -0.1) is 0 Å². The Bertz CT molecular complexity index is 1300. The van der Waals surface area contributed by atoms with Gasteiger partial charge in [0.25, 0.3) is 0 Å². The molecule has 1 aliphatic rings. The van der Waals surface area contributed by atoms with E-state index in [-0.39, 0.29) is 11.8 Å². The molecular weight excluding hydrogens is 438 g/mol. The molecule has 1 fully saturated rings. The average molecular weight is 470 g/mol. The summed E-state index contributed by atoms with van der Waals surface area (Å²) < 4.78 is 13.5. The molecule has 35 heavy (non-hydrogen) atoms. The number of rotatable bonds is 9. The number of fused-ring (bicyclic) bond motifs is 1. The van der Waals surface area contributed by atoms with E-state index >= 15 is 0 Å². The number of amides is 1. The Morgan fingerprint density at radius 1 is 0.971 bits per heavy atom. The predicted molar refractivity (Wildman–Crippen MR) is 138 cm³/mol. The fourth-order valence-corrected chi connectivity index (χ4v) is 4.77. The quantitative estimate of drug-likeness (QED) is 0.300. The van der Waals surface area contributed by atoms with Gasteiger partial charge in [-0.25, -0.2) is 4.98 Å². The van der Waals surface area contributed by atoms with Crippen molar-refractivity contribution >= 4 is 22.6 Å². The van der Waals surface area contributed by atoms with Crippen molar-refractivity contribution in [2.24, 2.45) is 0 Å². The van der Waals surface area contributed by atoms with Gasteiger partial charge in [0.2, 0.25) is 5.91 Å². The number of aryl methyl sites for hydroxylation is 2. The van der Waals surface area contributed by atoms with Crippen molar-refractivity contribution in [2.75, 3.05) is 25.2 Å². The van der Waals surface area contributed by atoms with Crippen LogP contribution in [0, 0.1) is 0 Å². The third kappa shape index (κ3) is 4.87. The fourth-order valence-electron chi connectivity index (χ4n) is 4.77. The third-order valence-electron chi connectivity index (χ3n) is 6.68. The molecule has 0 radical (unpaired) electrons. The van der Waals surface area contributed by atoms with Crippen LogP contribution in [0.5, 0.6) is 11.5 Å². The van der Waals surface area contributed by atoms with E-state index in [1.807, 2.05) is 59.5 Å². The van der Waals surface area contributed by atoms with Crippen LogP contribution < -0.4 is 14.4 Å². The first-order valence-corrected chi connectivity index (χ1v) is 12.3. The highest BCUT2D eigenvalue weighted by atomic mass is 16.5. The second kappa shape index (κ2) is 10.2. The number of carbonyl (C=O) groups excluding carboxylic acids is 1. The second-order valence-corrected chi connectivity index (χ2v) is 8.91. The van der Waals surface area contributed by atoms with Gasteiger partial charge in [-0.2, -0.15) is 0 Å². The zero-order valence-electron chi connectivity index (χ0n) is 20.3. The van der Waals surface area contributed by atoms with E-state index in [1.165, 1.54) is 5.56 Å². The first kappa shape index (κ1) is 23.0. The van der Waals surface area contributed by atoms with E-state index in [4.69, 9.17) is 14.5 Å². The van der Waals surface area contributed by atoms with Gasteiger partial charge >= 0.3 is 0 Å². The topological polar surface area (TPSA) is 56.6 Å². The summed E-state index contributed by atoms with van der Waals surface area (Å²) in [5.41, 5.74) is 4.27. The summed E-state index contributed by atoms with van der Waals surface area (Å²) in [6, 6.07) is 24.2. The summed E-state index contributed by atoms with van der Waals surface area (Å²) in [7, 11) is 1.64. The number of imidazole rings is 1. The number of benzene rings is 3. The minimum absolute atomic E-state index is 0.0412. The van der Waals surface area contributed by atoms with Crippen molar-refractivity contribution in [3.63, 3.8) is 0 Å². The molecule has 2 heterocycles. The first-order valence-electron chi connectivity index (χ1n) is 12.3. The first-order chi connectivity index (χ1) is 17.2. The largest absolute Gasteiger partial charge is 0.497 e. The minimum Gasteiger partial charge on any atom is -0.497 e. The summed E-state index contributed by atoms with van der Waals surface area (Å²) >= 11 is 0. The van der Waals surface area contributed by atoms with E-state index < -0.39 is 0 Å². The SMILES string of the molecule is CCc1ccc(OCCCn2c(C3CC(=O)N(c4ccc(OC)cc4)C3)nc3ccccc32)cc1. The highest BCUT2D eigenvalue weighted by molar-refractivity contribution is 5.96. The van der Waals surface area contributed by atoms with Crippen molar-refractivity contribution < 1.29 is 14.3 Å². The number of methoxy groups -OCH3 is 1. The van der Waals surface area contributed by atoms with Gasteiger partial charge in [0, 0.05) is 31.1 Å². The molecule has 0 N–H and O–H groups in total. The molecule has 1 unspecified atom stereocenters. The molecule has 1 aromatic heterocycles. The summed E-state index contributed by atoms with van der Waals surface area (Å²) in [4.78, 5) is 19.8. The lowest BCUT2D eigenvalue weighted by atomic mass is 10.1. The number of anilines is 1. The van der Waals surface area contributed by atoms with Crippen molar-refractivity contribution in [1.82, 2.24) is 9.55 Å². The van der Waals surface area contributed by atoms with Crippen LogP contribution in [0.15, 0.2) is 72.8 Å². The standard InChI is InChI=1S/C29H31N3O3/c1-3-21-9-13-25(14-10-21)35-18-6-17-31-27-8-5-4-7-26(27)30-29(31)22-19-28(33)32(20-22)23-11-15-24(34-2)16-12-23/h4-5,7-16,22H,3,6,17-20H2,1-2H3. The number of hydrogen-bond donors (Lipinski definition) is 0. The molecule has 3 aromatic carbocycles. The van der Waals surface area contributed by atoms with Gasteiger partial charge in [-0.05, 0) is 66.9 Å². The number of carbonyl (C=O) groups is 1. The van der Waals surface area contributed by atoms with Gasteiger partial charge in [-0.1, -0.05) is 31.2 Å². The molecule has 180 valence electrons. The predicted octanol–water partition coefficient (Wildman–Crippen LogP) is 5.60. The molecule has 0 aliphatic carbocycles. The van der Waals surface area contributed by atoms with Crippen molar-refractivity contribution in [3.8, 4) is 11.5 Å². The molecule has 1 saturated heterocycles. The molecule has 0 saturated carbocycles. The number of aromatic nitrogens is 2. The Morgan fingerprint density at radius 2 is 1.71 bits per heavy atom. The van der Waals surface area contributed by atoms with E-state index in [9.17, 15) is 4.79 Å². The van der Waals surface area contributed by atoms with Gasteiger partial charge < -0.3 is 18.9 Å². The Balaban J connectivity index is 1.31. The maximum atomic E-state index is 12.9. The Labute approximate surface area is 206 Å². The van der Waals surface area contributed by atoms with Crippen molar-refractivity contribution in [2.45, 2.75) is 38.6 Å². The normalized spacial score (nSPS) is 15.7. The highest BCUT2D eigenvalue weighted by Gasteiger charge is 2.34. The Hall–Kier alpha value is -3.80. The summed E-state index contributed by atoms with van der Waals surface area (Å²) in [6.07, 6.45) is 2.33. The molecule has 1 amide bonds. The van der Waals surface area contributed by atoms with Crippen LogP contribution in [-0.4, -0.2) is 35.7 Å². The molecule has 5 rings (SSSR count). The molecule has 0 bridgehead atoms. The molecule has 1 aliphatic heterocycles. The lowest BCUT2D eigenvalue weighted by molar-refractivity contribution is -0.117. The number of nitrogens with zero attached hydrogens (tertiary/aromatic N) is 3. The van der Waals surface area contributed by atoms with Crippen LogP contribution >= 0.6 is 0 Å². The van der Waals surface area contributed by atoms with Crippen molar-refractivity contribution in [3.05, 3.63) is 84.2 Å². The smallest absolute Gasteiger partial charge is 0.227 e. The molecule has 1 atom stereocenters. The number of para-hydroxylation sites is 2. The monoisotopic (exact) mass is 469 g/mol. The lowest BCUT2D eigenvalue weighted by Gasteiger charge is -2.18. The van der Waals surface area contributed by atoms with Gasteiger partial charge in [0.05, 0.1) is 24.8 Å². The molecule has 6 nitrogen and oxygen atoms in total. The van der Waals surface area contributed by atoms with Crippen LogP contribution in [0.3, 0.4) is 0 Å². The Kier molecular flexibility index (Phi) is 6.70. The van der Waals surface area contributed by atoms with E-state index in [1.54, 1.807) is 7.11 Å². The van der Waals surface area contributed by atoms with Gasteiger partial charge in [0.15, 0.2) is 0 Å². The summed E-state index contributed by atoms with van der Waals surface area (Å²) in [5, 5.41) is 0. The molecule has 4 aromatic rings. The third-order valence-corrected chi connectivity index (χ3v) is 6.68. The van der Waals surface area contributed by atoms with E-state index in [2.05, 4.69) is 29.7 Å². The van der Waals surface area contributed by atoms with Crippen LogP contribution in [0.1, 0.15) is 37.1 Å². The van der Waals surface area contributed by atoms with E-state index in [0.29, 0.717) is 19.6 Å². The van der Waals surface area contributed by atoms with Crippen LogP contribution in [-0.2, 0) is 17.8 Å². The van der Waals surface area contributed by atoms with Gasteiger partial charge in [-0.3, -0.25) is 4.79 Å². The second-order valence-electron chi connectivity index (χ2n) is 8.91. The van der Waals surface area contributed by atoms with Crippen molar-refractivity contribution in [1.29, 1.82) is 0 Å². The molecular formula is C29H31N3O3. The Morgan fingerprint density at radius 3 is 2.46 bits per heavy atom. The minimum atomic E-state index is 0.0412. The van der Waals surface area contributed by atoms with Crippen LogP contribution in [0.4, 0.5) is 5.69 Å².